The molecule has 1 nitrogen and oxygen atoms in total. The van der Waals surface area contributed by atoms with Gasteiger partial charge in [0.15, 0.2) is 11.6 Å². The molecule has 76 valence electrons. The van der Waals surface area contributed by atoms with Crippen LogP contribution >= 0.6 is 15.9 Å². The molecular formula is C11H12BrFO. The highest BCUT2D eigenvalue weighted by Gasteiger charge is 2.22. The molecular weight excluding hydrogens is 247 g/mol. The summed E-state index contributed by atoms with van der Waals surface area (Å²) >= 11 is 3.28. The van der Waals surface area contributed by atoms with Gasteiger partial charge >= 0.3 is 0 Å². The lowest BCUT2D eigenvalue weighted by Crippen LogP contribution is -2.01. The monoisotopic (exact) mass is 258 g/mol. The Hall–Kier alpha value is -0.570. The van der Waals surface area contributed by atoms with Crippen molar-refractivity contribution >= 4 is 15.9 Å². The van der Waals surface area contributed by atoms with Crippen LogP contribution in [0.4, 0.5) is 4.39 Å². The van der Waals surface area contributed by atoms with Crippen molar-refractivity contribution in [2.45, 2.75) is 19.8 Å². The number of benzene rings is 1. The van der Waals surface area contributed by atoms with E-state index in [0.717, 1.165) is 10.0 Å². The first-order valence-electron chi connectivity index (χ1n) is 4.75. The molecule has 0 radical (unpaired) electrons. The van der Waals surface area contributed by atoms with E-state index in [4.69, 9.17) is 4.74 Å². The van der Waals surface area contributed by atoms with Crippen molar-refractivity contribution in [2.75, 3.05) is 6.61 Å². The molecule has 0 atom stereocenters. The molecule has 0 aliphatic heterocycles. The van der Waals surface area contributed by atoms with Gasteiger partial charge in [-0.3, -0.25) is 0 Å². The quantitative estimate of drug-likeness (QED) is 0.804. The number of halogens is 2. The number of aryl methyl sites for hydroxylation is 1. The molecule has 0 heterocycles. The smallest absolute Gasteiger partial charge is 0.166 e. The van der Waals surface area contributed by atoms with Crippen LogP contribution in [0.5, 0.6) is 5.75 Å². The van der Waals surface area contributed by atoms with E-state index in [9.17, 15) is 4.39 Å². The maximum absolute atomic E-state index is 13.3. The van der Waals surface area contributed by atoms with Crippen LogP contribution in [-0.2, 0) is 0 Å². The van der Waals surface area contributed by atoms with E-state index in [1.165, 1.54) is 18.9 Å². The molecule has 0 bridgehead atoms. The predicted molar refractivity (Wildman–Crippen MR) is 57.1 cm³/mol. The molecule has 0 unspecified atom stereocenters. The van der Waals surface area contributed by atoms with Gasteiger partial charge in [-0.2, -0.15) is 0 Å². The van der Waals surface area contributed by atoms with Gasteiger partial charge in [0, 0.05) is 4.47 Å². The van der Waals surface area contributed by atoms with Crippen LogP contribution in [0.1, 0.15) is 18.4 Å². The van der Waals surface area contributed by atoms with Crippen LogP contribution in [0.25, 0.3) is 0 Å². The summed E-state index contributed by atoms with van der Waals surface area (Å²) < 4.78 is 19.5. The molecule has 0 aromatic heterocycles. The standard InChI is InChI=1S/C11H12BrFO/c1-7-4-11(10(13)5-9(7)12)14-6-8-2-3-8/h4-5,8H,2-3,6H2,1H3. The third kappa shape index (κ3) is 2.27. The van der Waals surface area contributed by atoms with Crippen molar-refractivity contribution in [1.82, 2.24) is 0 Å². The Bertz CT molecular complexity index is 347. The third-order valence-electron chi connectivity index (χ3n) is 2.38. The molecule has 14 heavy (non-hydrogen) atoms. The van der Waals surface area contributed by atoms with E-state index in [1.54, 1.807) is 6.07 Å². The topological polar surface area (TPSA) is 9.23 Å². The summed E-state index contributed by atoms with van der Waals surface area (Å²) in [6, 6.07) is 3.19. The maximum atomic E-state index is 13.3. The van der Waals surface area contributed by atoms with Crippen LogP contribution < -0.4 is 4.74 Å². The Morgan fingerprint density at radius 2 is 2.21 bits per heavy atom. The Morgan fingerprint density at radius 3 is 2.86 bits per heavy atom. The van der Waals surface area contributed by atoms with Crippen molar-refractivity contribution in [3.8, 4) is 5.75 Å². The average Bonchev–Trinajstić information content (AvgIpc) is 2.92. The minimum Gasteiger partial charge on any atom is -0.490 e. The second kappa shape index (κ2) is 3.89. The van der Waals surface area contributed by atoms with E-state index in [1.807, 2.05) is 6.92 Å². The second-order valence-electron chi connectivity index (χ2n) is 3.79. The molecule has 0 spiro atoms. The first-order valence-corrected chi connectivity index (χ1v) is 5.54. The summed E-state index contributed by atoms with van der Waals surface area (Å²) in [7, 11) is 0. The van der Waals surface area contributed by atoms with Crippen LogP contribution in [0.15, 0.2) is 16.6 Å². The summed E-state index contributed by atoms with van der Waals surface area (Å²) in [5.74, 6) is 0.735. The first-order chi connectivity index (χ1) is 6.66. The number of ether oxygens (including phenoxy) is 1. The van der Waals surface area contributed by atoms with Gasteiger partial charge < -0.3 is 4.74 Å². The SMILES string of the molecule is Cc1cc(OCC2CC2)c(F)cc1Br. The van der Waals surface area contributed by atoms with Crippen molar-refractivity contribution in [3.05, 3.63) is 28.0 Å². The number of hydrogen-bond acceptors (Lipinski definition) is 1. The van der Waals surface area contributed by atoms with Gasteiger partial charge in [-0.25, -0.2) is 4.39 Å². The molecule has 0 N–H and O–H groups in total. The van der Waals surface area contributed by atoms with Crippen LogP contribution in [0.2, 0.25) is 0 Å². The Morgan fingerprint density at radius 1 is 1.50 bits per heavy atom. The summed E-state index contributed by atoms with van der Waals surface area (Å²) in [4.78, 5) is 0. The average molecular weight is 259 g/mol. The van der Waals surface area contributed by atoms with Crippen molar-refractivity contribution in [1.29, 1.82) is 0 Å². The van der Waals surface area contributed by atoms with Gasteiger partial charge in [-0.1, -0.05) is 15.9 Å². The Balaban J connectivity index is 2.10. The molecule has 1 aromatic carbocycles. The minimum absolute atomic E-state index is 0.289. The fourth-order valence-corrected chi connectivity index (χ4v) is 1.55. The van der Waals surface area contributed by atoms with E-state index < -0.39 is 0 Å². The molecule has 1 fully saturated rings. The van der Waals surface area contributed by atoms with Crippen LogP contribution in [0.3, 0.4) is 0 Å². The van der Waals surface area contributed by atoms with Gasteiger partial charge in [-0.15, -0.1) is 0 Å². The van der Waals surface area contributed by atoms with Crippen molar-refractivity contribution < 1.29 is 9.13 Å². The molecule has 0 amide bonds. The van der Waals surface area contributed by atoms with Crippen molar-refractivity contribution in [2.24, 2.45) is 5.92 Å². The summed E-state index contributed by atoms with van der Waals surface area (Å²) in [6.07, 6.45) is 2.44. The normalized spacial score (nSPS) is 15.6. The molecule has 3 heteroatoms. The second-order valence-corrected chi connectivity index (χ2v) is 4.64. The molecule has 1 aliphatic rings. The van der Waals surface area contributed by atoms with Crippen molar-refractivity contribution in [3.63, 3.8) is 0 Å². The van der Waals surface area contributed by atoms with Crippen LogP contribution in [0, 0.1) is 18.7 Å². The zero-order valence-electron chi connectivity index (χ0n) is 8.02. The zero-order chi connectivity index (χ0) is 10.1. The maximum Gasteiger partial charge on any atom is 0.166 e. The lowest BCUT2D eigenvalue weighted by molar-refractivity contribution is 0.285. The fourth-order valence-electron chi connectivity index (χ4n) is 1.23. The first kappa shape index (κ1) is 9.97. The van der Waals surface area contributed by atoms with E-state index >= 15 is 0 Å². The Kier molecular flexibility index (Phi) is 2.77. The lowest BCUT2D eigenvalue weighted by atomic mass is 10.2. The molecule has 1 aliphatic carbocycles. The highest BCUT2D eigenvalue weighted by Crippen LogP contribution is 2.31. The largest absolute Gasteiger partial charge is 0.490 e. The number of hydrogen-bond donors (Lipinski definition) is 0. The lowest BCUT2D eigenvalue weighted by Gasteiger charge is -2.08. The van der Waals surface area contributed by atoms with E-state index in [0.29, 0.717) is 18.3 Å². The number of rotatable bonds is 3. The van der Waals surface area contributed by atoms with Gasteiger partial charge in [-0.05, 0) is 43.4 Å². The summed E-state index contributed by atoms with van der Waals surface area (Å²) in [5, 5.41) is 0. The van der Waals surface area contributed by atoms with E-state index in [2.05, 4.69) is 15.9 Å². The molecule has 1 saturated carbocycles. The van der Waals surface area contributed by atoms with Gasteiger partial charge in [0.25, 0.3) is 0 Å². The minimum atomic E-state index is -0.289. The van der Waals surface area contributed by atoms with Gasteiger partial charge in [0.1, 0.15) is 0 Å². The zero-order valence-corrected chi connectivity index (χ0v) is 9.60. The summed E-state index contributed by atoms with van der Waals surface area (Å²) in [6.45, 7) is 2.57. The highest BCUT2D eigenvalue weighted by atomic mass is 79.9. The van der Waals surface area contributed by atoms with Gasteiger partial charge in [0.05, 0.1) is 6.61 Å². The molecule has 0 saturated heterocycles. The molecule has 2 rings (SSSR count). The molecule has 1 aromatic rings. The van der Waals surface area contributed by atoms with Gasteiger partial charge in [0.2, 0.25) is 0 Å². The fraction of sp³-hybridized carbons (Fsp3) is 0.455. The van der Waals surface area contributed by atoms with Crippen LogP contribution in [-0.4, -0.2) is 6.61 Å². The Labute approximate surface area is 91.4 Å². The highest BCUT2D eigenvalue weighted by molar-refractivity contribution is 9.10. The summed E-state index contributed by atoms with van der Waals surface area (Å²) in [5.41, 5.74) is 0.997. The predicted octanol–water partition coefficient (Wildman–Crippen LogP) is 3.69. The van der Waals surface area contributed by atoms with E-state index in [-0.39, 0.29) is 5.82 Å². The third-order valence-corrected chi connectivity index (χ3v) is 3.24.